The SMILES string of the molecule is NC(=O)N(C1CCCCC1)[SH](=O)=O. The van der Waals surface area contributed by atoms with Gasteiger partial charge in [0.05, 0.1) is 0 Å². The Hall–Kier alpha value is -0.780. The van der Waals surface area contributed by atoms with Crippen LogP contribution < -0.4 is 5.73 Å². The molecule has 0 aromatic heterocycles. The lowest BCUT2D eigenvalue weighted by molar-refractivity contribution is 0.210. The van der Waals surface area contributed by atoms with Crippen LogP contribution >= 0.6 is 0 Å². The van der Waals surface area contributed by atoms with Crippen molar-refractivity contribution in [2.75, 3.05) is 0 Å². The van der Waals surface area contributed by atoms with E-state index < -0.39 is 16.9 Å². The summed E-state index contributed by atoms with van der Waals surface area (Å²) >= 11 is 0. The molecule has 0 heterocycles. The molecule has 1 fully saturated rings. The van der Waals surface area contributed by atoms with E-state index in [2.05, 4.69) is 0 Å². The molecule has 6 heteroatoms. The second-order valence-electron chi connectivity index (χ2n) is 3.21. The molecule has 0 spiro atoms. The van der Waals surface area contributed by atoms with Crippen molar-refractivity contribution in [1.29, 1.82) is 0 Å². The molecule has 1 aliphatic rings. The summed E-state index contributed by atoms with van der Waals surface area (Å²) in [5.74, 6) is 0. The fourth-order valence-corrected chi connectivity index (χ4v) is 2.38. The largest absolute Gasteiger partial charge is 0.351 e. The monoisotopic (exact) mass is 206 g/mol. The molecule has 0 aliphatic heterocycles. The zero-order valence-corrected chi connectivity index (χ0v) is 8.20. The lowest BCUT2D eigenvalue weighted by Crippen LogP contribution is -2.43. The van der Waals surface area contributed by atoms with Gasteiger partial charge in [0, 0.05) is 6.04 Å². The number of carbonyl (C=O) groups excluding carboxylic acids is 1. The van der Waals surface area contributed by atoms with Crippen LogP contribution in [0, 0.1) is 0 Å². The predicted octanol–water partition coefficient (Wildman–Crippen LogP) is 0.226. The molecule has 2 amide bonds. The zero-order chi connectivity index (χ0) is 9.84. The van der Waals surface area contributed by atoms with Gasteiger partial charge in [0.1, 0.15) is 0 Å². The molecule has 0 unspecified atom stereocenters. The van der Waals surface area contributed by atoms with Gasteiger partial charge >= 0.3 is 6.03 Å². The Kier molecular flexibility index (Phi) is 3.53. The predicted molar refractivity (Wildman–Crippen MR) is 48.6 cm³/mol. The molecule has 2 N–H and O–H groups in total. The highest BCUT2D eigenvalue weighted by molar-refractivity contribution is 7.70. The number of hydrogen-bond donors (Lipinski definition) is 2. The molecule has 13 heavy (non-hydrogen) atoms. The quantitative estimate of drug-likeness (QED) is 0.634. The summed E-state index contributed by atoms with van der Waals surface area (Å²) in [6.07, 6.45) is 4.53. The van der Waals surface area contributed by atoms with Gasteiger partial charge in [-0.1, -0.05) is 19.3 Å². The summed E-state index contributed by atoms with van der Waals surface area (Å²) in [6, 6.07) is -1.06. The van der Waals surface area contributed by atoms with Crippen molar-refractivity contribution in [2.24, 2.45) is 5.73 Å². The van der Waals surface area contributed by atoms with E-state index in [-0.39, 0.29) is 6.04 Å². The minimum atomic E-state index is -2.87. The van der Waals surface area contributed by atoms with E-state index in [1.165, 1.54) is 0 Å². The maximum Gasteiger partial charge on any atom is 0.328 e. The van der Waals surface area contributed by atoms with E-state index in [1.807, 2.05) is 0 Å². The van der Waals surface area contributed by atoms with Gasteiger partial charge in [-0.05, 0) is 12.8 Å². The first-order chi connectivity index (χ1) is 6.13. The van der Waals surface area contributed by atoms with Gasteiger partial charge in [0.15, 0.2) is 0 Å². The first kappa shape index (κ1) is 10.3. The molecule has 1 saturated carbocycles. The van der Waals surface area contributed by atoms with Crippen LogP contribution in [0.2, 0.25) is 0 Å². The van der Waals surface area contributed by atoms with Crippen molar-refractivity contribution in [2.45, 2.75) is 38.1 Å². The highest BCUT2D eigenvalue weighted by Gasteiger charge is 2.25. The second-order valence-corrected chi connectivity index (χ2v) is 4.12. The van der Waals surface area contributed by atoms with Gasteiger partial charge in [0.2, 0.25) is 10.9 Å². The summed E-state index contributed by atoms with van der Waals surface area (Å²) in [6.45, 7) is 0. The van der Waals surface area contributed by atoms with Crippen molar-refractivity contribution in [3.63, 3.8) is 0 Å². The summed E-state index contributed by atoms with van der Waals surface area (Å²) in [7, 11) is -2.87. The molecule has 76 valence electrons. The molecule has 1 rings (SSSR count). The van der Waals surface area contributed by atoms with Crippen LogP contribution in [0.4, 0.5) is 4.79 Å². The normalized spacial score (nSPS) is 18.8. The molecule has 0 atom stereocenters. The van der Waals surface area contributed by atoms with Gasteiger partial charge in [0.25, 0.3) is 0 Å². The smallest absolute Gasteiger partial charge is 0.328 e. The maximum atomic E-state index is 10.8. The average Bonchev–Trinajstić information content (AvgIpc) is 2.04. The van der Waals surface area contributed by atoms with Gasteiger partial charge in [-0.15, -0.1) is 0 Å². The van der Waals surface area contributed by atoms with Gasteiger partial charge in [-0.2, -0.15) is 0 Å². The van der Waals surface area contributed by atoms with E-state index >= 15 is 0 Å². The van der Waals surface area contributed by atoms with Crippen LogP contribution in [0.15, 0.2) is 0 Å². The molecule has 0 aromatic rings. The van der Waals surface area contributed by atoms with Crippen LogP contribution in [0.3, 0.4) is 0 Å². The second kappa shape index (κ2) is 4.45. The molecule has 0 aromatic carbocycles. The van der Waals surface area contributed by atoms with E-state index in [9.17, 15) is 13.2 Å². The number of primary amides is 1. The van der Waals surface area contributed by atoms with E-state index in [0.29, 0.717) is 0 Å². The fourth-order valence-electron chi connectivity index (χ4n) is 1.72. The number of urea groups is 1. The third kappa shape index (κ3) is 2.58. The minimum absolute atomic E-state index is 0.202. The number of carbonyl (C=O) groups is 1. The number of rotatable bonds is 2. The number of hydrogen-bond acceptors (Lipinski definition) is 3. The molecule has 0 saturated heterocycles. The van der Waals surface area contributed by atoms with E-state index in [4.69, 9.17) is 5.73 Å². The van der Waals surface area contributed by atoms with Gasteiger partial charge in [-0.25, -0.2) is 17.5 Å². The highest BCUT2D eigenvalue weighted by atomic mass is 32.2. The molecular weight excluding hydrogens is 192 g/mol. The van der Waals surface area contributed by atoms with Crippen molar-refractivity contribution >= 4 is 16.9 Å². The maximum absolute atomic E-state index is 10.8. The Morgan fingerprint density at radius 3 is 2.15 bits per heavy atom. The third-order valence-electron chi connectivity index (χ3n) is 2.32. The van der Waals surface area contributed by atoms with Crippen LogP contribution in [-0.4, -0.2) is 24.8 Å². The number of nitrogens with zero attached hydrogens (tertiary/aromatic N) is 1. The Morgan fingerprint density at radius 1 is 1.23 bits per heavy atom. The number of nitrogens with two attached hydrogens (primary N) is 1. The molecule has 0 radical (unpaired) electrons. The minimum Gasteiger partial charge on any atom is -0.351 e. The standard InChI is InChI=1S/C7H14N2O3S/c8-7(10)9(13(11)12)6-4-2-1-3-5-6/h6,13H,1-5H2,(H2,8,10). The first-order valence-electron chi connectivity index (χ1n) is 4.36. The zero-order valence-electron chi connectivity index (χ0n) is 7.31. The van der Waals surface area contributed by atoms with Crippen molar-refractivity contribution in [1.82, 2.24) is 4.31 Å². The molecule has 1 aliphatic carbocycles. The fraction of sp³-hybridized carbons (Fsp3) is 0.857. The van der Waals surface area contributed by atoms with E-state index in [1.54, 1.807) is 0 Å². The lowest BCUT2D eigenvalue weighted by atomic mass is 9.96. The average molecular weight is 206 g/mol. The van der Waals surface area contributed by atoms with Crippen molar-refractivity contribution < 1.29 is 13.2 Å². The Bertz CT molecular complexity index is 250. The summed E-state index contributed by atoms with van der Waals surface area (Å²) in [5, 5.41) is 0. The highest BCUT2D eigenvalue weighted by Crippen LogP contribution is 2.22. The summed E-state index contributed by atoms with van der Waals surface area (Å²) in [4.78, 5) is 10.8. The lowest BCUT2D eigenvalue weighted by Gasteiger charge is -2.27. The number of thiol groups is 1. The Morgan fingerprint density at radius 2 is 1.77 bits per heavy atom. The van der Waals surface area contributed by atoms with Crippen LogP contribution in [0.5, 0.6) is 0 Å². The Balaban J connectivity index is 2.68. The van der Waals surface area contributed by atoms with E-state index in [0.717, 1.165) is 36.4 Å². The number of amides is 2. The molecule has 5 nitrogen and oxygen atoms in total. The Labute approximate surface area is 79.0 Å². The van der Waals surface area contributed by atoms with Crippen molar-refractivity contribution in [3.8, 4) is 0 Å². The van der Waals surface area contributed by atoms with Crippen LogP contribution in [0.1, 0.15) is 32.1 Å². The summed E-state index contributed by atoms with van der Waals surface area (Å²) in [5.41, 5.74) is 4.97. The molecular formula is C7H14N2O3S. The van der Waals surface area contributed by atoms with Gasteiger partial charge < -0.3 is 5.73 Å². The first-order valence-corrected chi connectivity index (χ1v) is 5.49. The van der Waals surface area contributed by atoms with Gasteiger partial charge in [-0.3, -0.25) is 0 Å². The summed E-state index contributed by atoms with van der Waals surface area (Å²) < 4.78 is 22.2. The van der Waals surface area contributed by atoms with Crippen molar-refractivity contribution in [3.05, 3.63) is 0 Å². The third-order valence-corrected chi connectivity index (χ3v) is 3.20. The van der Waals surface area contributed by atoms with Crippen LogP contribution in [0.25, 0.3) is 0 Å². The van der Waals surface area contributed by atoms with Crippen LogP contribution in [-0.2, 0) is 10.9 Å². The molecule has 0 bridgehead atoms. The topological polar surface area (TPSA) is 80.5 Å².